The zero-order valence-electron chi connectivity index (χ0n) is 9.69. The third-order valence-electron chi connectivity index (χ3n) is 2.49. The molecule has 0 fully saturated rings. The van der Waals surface area contributed by atoms with Crippen molar-refractivity contribution in [3.05, 3.63) is 47.4 Å². The molecule has 96 valence electrons. The lowest BCUT2D eigenvalue weighted by atomic mass is 10.2. The Bertz CT molecular complexity index is 729. The van der Waals surface area contributed by atoms with Crippen LogP contribution in [0, 0.1) is 0 Å². The van der Waals surface area contributed by atoms with Gasteiger partial charge in [0.1, 0.15) is 17.2 Å². The van der Waals surface area contributed by atoms with Crippen LogP contribution in [0.15, 0.2) is 36.7 Å². The Morgan fingerprint density at radius 3 is 3.05 bits per heavy atom. The molecule has 0 radical (unpaired) electrons. The Hall–Kier alpha value is -2.18. The molecule has 0 saturated carbocycles. The maximum absolute atomic E-state index is 9.10. The van der Waals surface area contributed by atoms with Crippen LogP contribution in [0.4, 0.5) is 0 Å². The lowest BCUT2D eigenvalue weighted by Gasteiger charge is -2.08. The Morgan fingerprint density at radius 1 is 1.32 bits per heavy atom. The minimum absolute atomic E-state index is 0.0486. The minimum Gasteiger partial charge on any atom is -0.439 e. The van der Waals surface area contributed by atoms with Crippen molar-refractivity contribution in [1.29, 1.82) is 0 Å². The number of nitrogens with zero attached hydrogens (tertiary/aromatic N) is 4. The van der Waals surface area contributed by atoms with Crippen molar-refractivity contribution in [2.45, 2.75) is 6.61 Å². The second-order valence-corrected chi connectivity index (χ2v) is 4.18. The summed E-state index contributed by atoms with van der Waals surface area (Å²) in [7, 11) is 0. The van der Waals surface area contributed by atoms with Gasteiger partial charge in [0.05, 0.1) is 6.61 Å². The van der Waals surface area contributed by atoms with Gasteiger partial charge in [0.2, 0.25) is 5.88 Å². The van der Waals surface area contributed by atoms with E-state index in [-0.39, 0.29) is 11.8 Å². The fourth-order valence-electron chi connectivity index (χ4n) is 1.66. The van der Waals surface area contributed by atoms with Crippen LogP contribution in [0.5, 0.6) is 11.6 Å². The van der Waals surface area contributed by atoms with Crippen LogP contribution >= 0.6 is 11.6 Å². The van der Waals surface area contributed by atoms with Crippen LogP contribution in [-0.4, -0.2) is 24.7 Å². The van der Waals surface area contributed by atoms with E-state index in [4.69, 9.17) is 21.4 Å². The summed E-state index contributed by atoms with van der Waals surface area (Å²) in [6.07, 6.45) is 1.37. The predicted molar refractivity (Wildman–Crippen MR) is 68.2 cm³/mol. The molecule has 2 heterocycles. The number of hydrogen-bond donors (Lipinski definition) is 1. The van der Waals surface area contributed by atoms with Gasteiger partial charge in [-0.2, -0.15) is 19.6 Å². The number of rotatable bonds is 3. The van der Waals surface area contributed by atoms with E-state index >= 15 is 0 Å². The normalized spacial score (nSPS) is 10.8. The first-order chi connectivity index (χ1) is 9.26. The van der Waals surface area contributed by atoms with E-state index in [0.29, 0.717) is 17.4 Å². The van der Waals surface area contributed by atoms with Gasteiger partial charge in [-0.15, -0.1) is 0 Å². The third-order valence-corrected chi connectivity index (χ3v) is 2.68. The molecular weight excluding hydrogens is 268 g/mol. The average Bonchev–Trinajstić information content (AvgIpc) is 2.87. The molecule has 7 heteroatoms. The highest BCUT2D eigenvalue weighted by Gasteiger charge is 2.08. The standard InChI is InChI=1S/C12H9ClN4O2/c13-10-5-11(17-12(16-10)14-7-15-17)19-9-3-1-2-8(4-9)6-18/h1-5,7,18H,6H2. The summed E-state index contributed by atoms with van der Waals surface area (Å²) in [6, 6.07) is 8.65. The third kappa shape index (κ3) is 2.35. The first-order valence-corrected chi connectivity index (χ1v) is 5.88. The Labute approximate surface area is 113 Å². The molecule has 1 aromatic carbocycles. The molecule has 1 N–H and O–H groups in total. The molecule has 2 aromatic heterocycles. The lowest BCUT2D eigenvalue weighted by Crippen LogP contribution is -1.98. The lowest BCUT2D eigenvalue weighted by molar-refractivity contribution is 0.281. The number of halogens is 1. The van der Waals surface area contributed by atoms with Gasteiger partial charge in [-0.3, -0.25) is 0 Å². The van der Waals surface area contributed by atoms with Crippen molar-refractivity contribution in [2.75, 3.05) is 0 Å². The highest BCUT2D eigenvalue weighted by Crippen LogP contribution is 2.24. The van der Waals surface area contributed by atoms with Crippen molar-refractivity contribution in [3.8, 4) is 11.6 Å². The van der Waals surface area contributed by atoms with Crippen molar-refractivity contribution < 1.29 is 9.84 Å². The summed E-state index contributed by atoms with van der Waals surface area (Å²) in [5.74, 6) is 1.34. The quantitative estimate of drug-likeness (QED) is 0.741. The van der Waals surface area contributed by atoms with Gasteiger partial charge in [0.15, 0.2) is 0 Å². The SMILES string of the molecule is OCc1cccc(Oc2cc(Cl)nc3ncnn23)c1. The molecule has 0 unspecified atom stereocenters. The monoisotopic (exact) mass is 276 g/mol. The van der Waals surface area contributed by atoms with E-state index in [1.807, 2.05) is 0 Å². The molecule has 0 aliphatic carbocycles. The topological polar surface area (TPSA) is 72.5 Å². The van der Waals surface area contributed by atoms with E-state index in [0.717, 1.165) is 5.56 Å². The Balaban J connectivity index is 2.02. The average molecular weight is 277 g/mol. The fraction of sp³-hybridized carbons (Fsp3) is 0.0833. The number of fused-ring (bicyclic) bond motifs is 1. The van der Waals surface area contributed by atoms with Gasteiger partial charge < -0.3 is 9.84 Å². The first kappa shape index (κ1) is 11.9. The largest absolute Gasteiger partial charge is 0.439 e. The molecule has 0 spiro atoms. The maximum atomic E-state index is 9.10. The highest BCUT2D eigenvalue weighted by atomic mass is 35.5. The van der Waals surface area contributed by atoms with Gasteiger partial charge in [0.25, 0.3) is 5.78 Å². The fourth-order valence-corrected chi connectivity index (χ4v) is 1.83. The molecule has 0 bridgehead atoms. The van der Waals surface area contributed by atoms with E-state index < -0.39 is 0 Å². The van der Waals surface area contributed by atoms with E-state index in [1.54, 1.807) is 30.3 Å². The summed E-state index contributed by atoms with van der Waals surface area (Å²) in [4.78, 5) is 7.96. The second kappa shape index (κ2) is 4.83. The van der Waals surface area contributed by atoms with Crippen LogP contribution in [0.25, 0.3) is 5.78 Å². The van der Waals surface area contributed by atoms with Gasteiger partial charge in [-0.05, 0) is 17.7 Å². The summed E-state index contributed by atoms with van der Waals surface area (Å²) >= 11 is 5.89. The zero-order chi connectivity index (χ0) is 13.2. The number of aliphatic hydroxyl groups is 1. The van der Waals surface area contributed by atoms with Gasteiger partial charge in [0, 0.05) is 6.07 Å². The number of ether oxygens (including phenoxy) is 1. The van der Waals surface area contributed by atoms with Crippen molar-refractivity contribution in [3.63, 3.8) is 0 Å². The first-order valence-electron chi connectivity index (χ1n) is 5.50. The molecular formula is C12H9ClN4O2. The number of aromatic nitrogens is 4. The number of aliphatic hydroxyl groups excluding tert-OH is 1. The van der Waals surface area contributed by atoms with Crippen LogP contribution < -0.4 is 4.74 Å². The molecule has 0 aliphatic heterocycles. The van der Waals surface area contributed by atoms with Crippen LogP contribution in [0.3, 0.4) is 0 Å². The summed E-state index contributed by atoms with van der Waals surface area (Å²) in [5.41, 5.74) is 0.757. The molecule has 0 aliphatic rings. The molecule has 0 atom stereocenters. The van der Waals surface area contributed by atoms with Gasteiger partial charge in [-0.1, -0.05) is 23.7 Å². The molecule has 19 heavy (non-hydrogen) atoms. The number of hydrogen-bond acceptors (Lipinski definition) is 5. The predicted octanol–water partition coefficient (Wildman–Crippen LogP) is 2.06. The summed E-state index contributed by atoms with van der Waals surface area (Å²) < 4.78 is 7.14. The van der Waals surface area contributed by atoms with E-state index in [9.17, 15) is 0 Å². The molecule has 0 amide bonds. The zero-order valence-corrected chi connectivity index (χ0v) is 10.4. The van der Waals surface area contributed by atoms with Crippen molar-refractivity contribution in [2.24, 2.45) is 0 Å². The van der Waals surface area contributed by atoms with E-state index in [1.165, 1.54) is 10.8 Å². The van der Waals surface area contributed by atoms with E-state index in [2.05, 4.69) is 15.1 Å². The second-order valence-electron chi connectivity index (χ2n) is 3.80. The van der Waals surface area contributed by atoms with Crippen LogP contribution in [-0.2, 0) is 6.61 Å². The Morgan fingerprint density at radius 2 is 2.21 bits per heavy atom. The highest BCUT2D eigenvalue weighted by molar-refractivity contribution is 6.29. The maximum Gasteiger partial charge on any atom is 0.256 e. The van der Waals surface area contributed by atoms with Crippen molar-refractivity contribution in [1.82, 2.24) is 19.6 Å². The van der Waals surface area contributed by atoms with Crippen LogP contribution in [0.1, 0.15) is 5.56 Å². The molecule has 6 nitrogen and oxygen atoms in total. The minimum atomic E-state index is -0.0486. The molecule has 3 aromatic rings. The van der Waals surface area contributed by atoms with Gasteiger partial charge in [-0.25, -0.2) is 0 Å². The van der Waals surface area contributed by atoms with Crippen LogP contribution in [0.2, 0.25) is 5.15 Å². The van der Waals surface area contributed by atoms with Crippen molar-refractivity contribution >= 4 is 17.4 Å². The number of benzene rings is 1. The summed E-state index contributed by atoms with van der Waals surface area (Å²) in [6.45, 7) is -0.0486. The molecule has 3 rings (SSSR count). The smallest absolute Gasteiger partial charge is 0.256 e. The molecule has 0 saturated heterocycles. The van der Waals surface area contributed by atoms with Gasteiger partial charge >= 0.3 is 0 Å². The summed E-state index contributed by atoms with van der Waals surface area (Å²) in [5, 5.41) is 13.4. The Kier molecular flexibility index (Phi) is 3.02.